The highest BCUT2D eigenvalue weighted by atomic mass is 16.5. The van der Waals surface area contributed by atoms with Gasteiger partial charge < -0.3 is 25.0 Å². The van der Waals surface area contributed by atoms with Crippen molar-refractivity contribution in [1.82, 2.24) is 4.98 Å². The van der Waals surface area contributed by atoms with Gasteiger partial charge in [-0.25, -0.2) is 0 Å². The van der Waals surface area contributed by atoms with Crippen LogP contribution in [-0.2, 0) is 10.3 Å². The molecule has 2 fully saturated rings. The third-order valence-electron chi connectivity index (χ3n) is 8.64. The van der Waals surface area contributed by atoms with E-state index in [9.17, 15) is 24.9 Å². The van der Waals surface area contributed by atoms with E-state index < -0.39 is 29.5 Å². The Morgan fingerprint density at radius 3 is 2.58 bits per heavy atom. The van der Waals surface area contributed by atoms with Crippen LogP contribution in [0.3, 0.4) is 0 Å². The van der Waals surface area contributed by atoms with E-state index in [1.807, 2.05) is 6.92 Å². The van der Waals surface area contributed by atoms with E-state index in [2.05, 4.69) is 24.1 Å². The van der Waals surface area contributed by atoms with Gasteiger partial charge in [-0.2, -0.15) is 0 Å². The smallest absolute Gasteiger partial charge is 0.259 e. The zero-order valence-corrected chi connectivity index (χ0v) is 20.0. The van der Waals surface area contributed by atoms with Gasteiger partial charge in [-0.05, 0) is 61.8 Å². The van der Waals surface area contributed by atoms with Crippen LogP contribution in [0.25, 0.3) is 0 Å². The van der Waals surface area contributed by atoms with Crippen molar-refractivity contribution in [3.63, 3.8) is 0 Å². The highest BCUT2D eigenvalue weighted by Crippen LogP contribution is 2.47. The predicted molar refractivity (Wildman–Crippen MR) is 124 cm³/mol. The first kappa shape index (κ1) is 24.3. The number of H-pyrrole nitrogens is 1. The van der Waals surface area contributed by atoms with Gasteiger partial charge in [-0.15, -0.1) is 0 Å². The molecule has 3 aliphatic rings. The number of hydrogen-bond donors (Lipinski definition) is 4. The van der Waals surface area contributed by atoms with E-state index in [0.717, 1.165) is 19.3 Å². The van der Waals surface area contributed by atoms with Crippen LogP contribution in [0.2, 0.25) is 0 Å². The molecule has 182 valence electrons. The highest BCUT2D eigenvalue weighted by Gasteiger charge is 2.51. The van der Waals surface area contributed by atoms with Crippen LogP contribution >= 0.6 is 0 Å². The summed E-state index contributed by atoms with van der Waals surface area (Å²) in [7, 11) is 1.43. The molecule has 9 atom stereocenters. The molecule has 4 N–H and O–H groups in total. The number of carbonyl (C=O) groups excluding carboxylic acids is 1. The number of Topliss-reactive ketones (excluding diaryl/α,β-unsaturated/α-hetero) is 1. The summed E-state index contributed by atoms with van der Waals surface area (Å²) in [6, 6.07) is 0. The fourth-order valence-electron chi connectivity index (χ4n) is 6.70. The maximum Gasteiger partial charge on any atom is 0.259 e. The molecule has 2 saturated carbocycles. The van der Waals surface area contributed by atoms with Crippen LogP contribution in [0.1, 0.15) is 67.4 Å². The van der Waals surface area contributed by atoms with Gasteiger partial charge in [0.25, 0.3) is 5.56 Å². The molecule has 1 heterocycles. The fraction of sp³-hybridized carbons (Fsp3) is 0.692. The van der Waals surface area contributed by atoms with Crippen molar-refractivity contribution in [1.29, 1.82) is 0 Å². The second kappa shape index (κ2) is 9.10. The number of methoxy groups -OCH3 is 1. The normalized spacial score (nSPS) is 40.9. The monoisotopic (exact) mass is 459 g/mol. The molecule has 0 amide bonds. The number of ketones is 1. The number of fused-ring (bicyclic) bond motifs is 1. The maximum absolute atomic E-state index is 14.0. The summed E-state index contributed by atoms with van der Waals surface area (Å²) in [5.41, 5.74) is -0.722. The summed E-state index contributed by atoms with van der Waals surface area (Å²) in [5.74, 6) is 0.792. The van der Waals surface area contributed by atoms with Gasteiger partial charge >= 0.3 is 0 Å². The van der Waals surface area contributed by atoms with Crippen molar-refractivity contribution < 1.29 is 24.9 Å². The SMILES string of the molecule is CO[C@]1(c2c[nH]c(=O)c(C(=O)[C@H]3[C@@H]4CC[C@@H](C)C[C@H]4C=C[C@H]3C)c2C)CC[C@@H](O)[C@H](O)[C@H]1O. The van der Waals surface area contributed by atoms with Gasteiger partial charge in [0.05, 0.1) is 11.7 Å². The Balaban J connectivity index is 1.77. The molecular weight excluding hydrogens is 422 g/mol. The Morgan fingerprint density at radius 1 is 1.15 bits per heavy atom. The van der Waals surface area contributed by atoms with E-state index in [4.69, 9.17) is 4.74 Å². The van der Waals surface area contributed by atoms with Crippen molar-refractivity contribution in [2.24, 2.45) is 29.6 Å². The predicted octanol–water partition coefficient (Wildman–Crippen LogP) is 2.46. The summed E-state index contributed by atoms with van der Waals surface area (Å²) in [5, 5.41) is 31.3. The van der Waals surface area contributed by atoms with Crippen LogP contribution < -0.4 is 5.56 Å². The lowest BCUT2D eigenvalue weighted by atomic mass is 9.61. The van der Waals surface area contributed by atoms with Gasteiger partial charge in [0.15, 0.2) is 5.78 Å². The second-order valence-electron chi connectivity index (χ2n) is 10.5. The van der Waals surface area contributed by atoms with E-state index in [1.165, 1.54) is 13.3 Å². The average molecular weight is 460 g/mol. The standard InChI is InChI=1S/C26H37NO6/c1-13-5-8-17-16(11-13)7-6-14(2)20(17)23(30)21-15(3)18(12-27-25(21)32)26(33-4)10-9-19(28)22(29)24(26)31/h6-7,12-14,16-17,19-20,22,24,28-29,31H,5,8-11H2,1-4H3,(H,27,32)/t13-,14-,16-,17-,19-,20-,22+,24-,26+/m1/s1. The van der Waals surface area contributed by atoms with Crippen LogP contribution in [0.15, 0.2) is 23.1 Å². The van der Waals surface area contributed by atoms with Crippen molar-refractivity contribution in [2.45, 2.75) is 76.8 Å². The first-order chi connectivity index (χ1) is 15.6. The average Bonchev–Trinajstić information content (AvgIpc) is 2.78. The molecule has 1 aromatic rings. The van der Waals surface area contributed by atoms with E-state index in [1.54, 1.807) is 6.92 Å². The summed E-state index contributed by atoms with van der Waals surface area (Å²) in [6.07, 6.45) is 5.58. The van der Waals surface area contributed by atoms with Crippen molar-refractivity contribution >= 4 is 5.78 Å². The minimum atomic E-state index is -1.40. The Bertz CT molecular complexity index is 985. The Hall–Kier alpha value is -1.80. The van der Waals surface area contributed by atoms with Gasteiger partial charge in [-0.3, -0.25) is 9.59 Å². The molecular formula is C26H37NO6. The van der Waals surface area contributed by atoms with E-state index in [-0.39, 0.29) is 41.9 Å². The zero-order valence-electron chi connectivity index (χ0n) is 20.0. The molecule has 0 aromatic carbocycles. The number of ether oxygens (including phenoxy) is 1. The maximum atomic E-state index is 14.0. The Labute approximate surface area is 194 Å². The number of nitrogens with one attached hydrogen (secondary N) is 1. The van der Waals surface area contributed by atoms with Crippen LogP contribution in [0.5, 0.6) is 0 Å². The number of aromatic nitrogens is 1. The van der Waals surface area contributed by atoms with Gasteiger partial charge in [0.2, 0.25) is 0 Å². The third kappa shape index (κ3) is 3.93. The quantitative estimate of drug-likeness (QED) is 0.406. The summed E-state index contributed by atoms with van der Waals surface area (Å²) in [6.45, 7) is 6.01. The van der Waals surface area contributed by atoms with Gasteiger partial charge in [-0.1, -0.05) is 32.4 Å². The van der Waals surface area contributed by atoms with Crippen molar-refractivity contribution in [2.75, 3.05) is 7.11 Å². The molecule has 0 bridgehead atoms. The molecule has 33 heavy (non-hydrogen) atoms. The number of aromatic amines is 1. The molecule has 0 spiro atoms. The molecule has 0 unspecified atom stereocenters. The van der Waals surface area contributed by atoms with Crippen LogP contribution in [0, 0.1) is 36.5 Å². The summed E-state index contributed by atoms with van der Waals surface area (Å²) >= 11 is 0. The van der Waals surface area contributed by atoms with E-state index in [0.29, 0.717) is 23.0 Å². The van der Waals surface area contributed by atoms with Crippen LogP contribution in [0.4, 0.5) is 0 Å². The molecule has 0 radical (unpaired) electrons. The molecule has 0 saturated heterocycles. The lowest BCUT2D eigenvalue weighted by molar-refractivity contribution is -0.203. The molecule has 3 aliphatic carbocycles. The first-order valence-electron chi connectivity index (χ1n) is 12.2. The highest BCUT2D eigenvalue weighted by molar-refractivity contribution is 5.99. The minimum absolute atomic E-state index is 0.0308. The third-order valence-corrected chi connectivity index (χ3v) is 8.64. The number of carbonyl (C=O) groups is 1. The number of aliphatic hydroxyl groups is 3. The van der Waals surface area contributed by atoms with Gasteiger partial charge in [0, 0.05) is 24.8 Å². The Morgan fingerprint density at radius 2 is 1.88 bits per heavy atom. The Kier molecular flexibility index (Phi) is 6.71. The first-order valence-corrected chi connectivity index (χ1v) is 12.2. The summed E-state index contributed by atoms with van der Waals surface area (Å²) < 4.78 is 5.75. The van der Waals surface area contributed by atoms with E-state index >= 15 is 0 Å². The zero-order chi connectivity index (χ0) is 24.1. The lowest BCUT2D eigenvalue weighted by Gasteiger charge is -2.45. The van der Waals surface area contributed by atoms with Crippen LogP contribution in [-0.4, -0.2) is 51.5 Å². The van der Waals surface area contributed by atoms with Crippen molar-refractivity contribution in [3.05, 3.63) is 45.4 Å². The number of aliphatic hydroxyl groups excluding tert-OH is 3. The number of rotatable bonds is 4. The molecule has 1 aromatic heterocycles. The number of allylic oxidation sites excluding steroid dienone is 2. The molecule has 7 nitrogen and oxygen atoms in total. The largest absolute Gasteiger partial charge is 0.390 e. The summed E-state index contributed by atoms with van der Waals surface area (Å²) in [4.78, 5) is 29.6. The molecule has 7 heteroatoms. The van der Waals surface area contributed by atoms with Gasteiger partial charge in [0.1, 0.15) is 17.8 Å². The second-order valence-corrected chi connectivity index (χ2v) is 10.5. The van der Waals surface area contributed by atoms with Crippen molar-refractivity contribution in [3.8, 4) is 0 Å². The lowest BCUT2D eigenvalue weighted by Crippen LogP contribution is -2.57. The topological polar surface area (TPSA) is 120 Å². The number of pyridine rings is 1. The fourth-order valence-corrected chi connectivity index (χ4v) is 6.70. The molecule has 4 rings (SSSR count). The number of hydrogen-bond acceptors (Lipinski definition) is 6. The minimum Gasteiger partial charge on any atom is -0.390 e. The molecule has 0 aliphatic heterocycles.